The average molecular weight is 508 g/mol. The summed E-state index contributed by atoms with van der Waals surface area (Å²) in [6.45, 7) is 7.23. The van der Waals surface area contributed by atoms with Crippen LogP contribution >= 0.6 is 12.4 Å². The molecule has 0 spiro atoms. The van der Waals surface area contributed by atoms with Gasteiger partial charge in [0.05, 0.1) is 18.4 Å². The fourth-order valence-corrected chi connectivity index (χ4v) is 6.18. The second kappa shape index (κ2) is 11.8. The molecule has 3 rings (SSSR count). The molecule has 1 N–H and O–H groups in total. The van der Waals surface area contributed by atoms with Crippen LogP contribution in [-0.4, -0.2) is 87.9 Å². The van der Waals surface area contributed by atoms with Gasteiger partial charge in [-0.3, -0.25) is 9.69 Å². The van der Waals surface area contributed by atoms with Gasteiger partial charge in [0.25, 0.3) is 5.91 Å². The molecule has 0 saturated carbocycles. The van der Waals surface area contributed by atoms with Crippen molar-refractivity contribution < 1.29 is 27.1 Å². The second-order valence-corrected chi connectivity index (χ2v) is 10.6. The van der Waals surface area contributed by atoms with Crippen molar-refractivity contribution in [2.75, 3.05) is 58.8 Å². The summed E-state index contributed by atoms with van der Waals surface area (Å²) in [5.74, 6) is -0.390. The zero-order chi connectivity index (χ0) is 23.4. The molecule has 2 heterocycles. The Morgan fingerprint density at radius 2 is 1.85 bits per heavy atom. The number of ether oxygens (including phenoxy) is 2. The first-order chi connectivity index (χ1) is 15.2. The van der Waals surface area contributed by atoms with Crippen LogP contribution in [0, 0.1) is 12.7 Å². The van der Waals surface area contributed by atoms with Gasteiger partial charge in [0.1, 0.15) is 11.6 Å². The fraction of sp³-hybridized carbons (Fsp3) is 0.682. The van der Waals surface area contributed by atoms with Crippen LogP contribution in [0.3, 0.4) is 0 Å². The van der Waals surface area contributed by atoms with Gasteiger partial charge in [0, 0.05) is 57.5 Å². The minimum Gasteiger partial charge on any atom is -0.496 e. The maximum atomic E-state index is 13.7. The van der Waals surface area contributed by atoms with E-state index in [0.717, 1.165) is 12.8 Å². The Kier molecular flexibility index (Phi) is 9.93. The molecule has 0 unspecified atom stereocenters. The van der Waals surface area contributed by atoms with E-state index in [1.165, 1.54) is 19.2 Å². The van der Waals surface area contributed by atoms with Crippen LogP contribution in [0.1, 0.15) is 42.1 Å². The molecule has 0 aromatic heterocycles. The highest BCUT2D eigenvalue weighted by molar-refractivity contribution is 7.89. The van der Waals surface area contributed by atoms with Gasteiger partial charge in [0.15, 0.2) is 0 Å². The first-order valence-corrected chi connectivity index (χ1v) is 12.8. The summed E-state index contributed by atoms with van der Waals surface area (Å²) >= 11 is 0. The van der Waals surface area contributed by atoms with E-state index >= 15 is 0 Å². The third-order valence-electron chi connectivity index (χ3n) is 6.48. The Morgan fingerprint density at radius 1 is 1.21 bits per heavy atom. The topological polar surface area (TPSA) is 88.2 Å². The number of hydrogen-bond acceptors (Lipinski definition) is 6. The van der Waals surface area contributed by atoms with Crippen molar-refractivity contribution in [3.05, 3.63) is 29.1 Å². The van der Waals surface area contributed by atoms with E-state index < -0.39 is 15.8 Å². The van der Waals surface area contributed by atoms with E-state index in [9.17, 15) is 17.6 Å². The van der Waals surface area contributed by atoms with Crippen molar-refractivity contribution >= 4 is 28.3 Å². The van der Waals surface area contributed by atoms with Crippen LogP contribution in [-0.2, 0) is 14.8 Å². The van der Waals surface area contributed by atoms with Gasteiger partial charge in [-0.05, 0) is 37.8 Å². The molecule has 188 valence electrons. The molecular weight excluding hydrogens is 473 g/mol. The van der Waals surface area contributed by atoms with Crippen molar-refractivity contribution in [2.45, 2.75) is 38.6 Å². The van der Waals surface area contributed by atoms with Gasteiger partial charge in [-0.25, -0.2) is 12.8 Å². The Balaban J connectivity index is 0.00000385. The van der Waals surface area contributed by atoms with Crippen LogP contribution in [0.5, 0.6) is 5.75 Å². The highest BCUT2D eigenvalue weighted by Crippen LogP contribution is 2.30. The van der Waals surface area contributed by atoms with Crippen LogP contribution in [0.2, 0.25) is 0 Å². The van der Waals surface area contributed by atoms with Gasteiger partial charge in [-0.2, -0.15) is 4.31 Å². The van der Waals surface area contributed by atoms with Gasteiger partial charge in [-0.15, -0.1) is 12.4 Å². The Hall–Kier alpha value is -1.46. The Labute approximate surface area is 202 Å². The standard InChI is InChI=1S/C22H34FN3O5S.ClH/c1-4-13-32(28,29)26-9-7-25(8-10-26)22(5-11-31-12-6-22)16-24-21(27)20-17(2)14-18(23)15-19(20)30-3;/h14-15H,4-13,16H2,1-3H3,(H,24,27);1H. The number of methoxy groups -OCH3 is 1. The van der Waals surface area contributed by atoms with Crippen LogP contribution in [0.15, 0.2) is 12.1 Å². The molecule has 2 saturated heterocycles. The van der Waals surface area contributed by atoms with E-state index in [0.29, 0.717) is 63.5 Å². The largest absolute Gasteiger partial charge is 0.496 e. The lowest BCUT2D eigenvalue weighted by Gasteiger charge is -2.49. The van der Waals surface area contributed by atoms with Crippen molar-refractivity contribution in [3.63, 3.8) is 0 Å². The average Bonchev–Trinajstić information content (AvgIpc) is 2.77. The lowest BCUT2D eigenvalue weighted by molar-refractivity contribution is -0.0385. The number of amides is 1. The normalized spacial score (nSPS) is 19.5. The smallest absolute Gasteiger partial charge is 0.255 e. The first-order valence-electron chi connectivity index (χ1n) is 11.2. The predicted octanol–water partition coefficient (Wildman–Crippen LogP) is 2.20. The van der Waals surface area contributed by atoms with Crippen molar-refractivity contribution in [1.29, 1.82) is 0 Å². The molecule has 33 heavy (non-hydrogen) atoms. The minimum absolute atomic E-state index is 0. The number of benzene rings is 1. The summed E-state index contributed by atoms with van der Waals surface area (Å²) < 4.78 is 51.0. The van der Waals surface area contributed by atoms with Crippen LogP contribution < -0.4 is 10.1 Å². The highest BCUT2D eigenvalue weighted by atomic mass is 35.5. The molecule has 1 aromatic rings. The van der Waals surface area contributed by atoms with Crippen molar-refractivity contribution in [2.24, 2.45) is 0 Å². The number of hydrogen-bond donors (Lipinski definition) is 1. The number of aryl methyl sites for hydroxylation is 1. The monoisotopic (exact) mass is 507 g/mol. The van der Waals surface area contributed by atoms with E-state index in [1.54, 1.807) is 11.2 Å². The highest BCUT2D eigenvalue weighted by Gasteiger charge is 2.41. The number of piperazine rings is 1. The molecule has 0 radical (unpaired) electrons. The van der Waals surface area contributed by atoms with Crippen molar-refractivity contribution in [3.8, 4) is 5.75 Å². The molecule has 2 fully saturated rings. The molecule has 0 bridgehead atoms. The van der Waals surface area contributed by atoms with E-state index in [2.05, 4.69) is 10.2 Å². The maximum Gasteiger partial charge on any atom is 0.255 e. The minimum atomic E-state index is -3.22. The van der Waals surface area contributed by atoms with Gasteiger partial charge in [-0.1, -0.05) is 6.92 Å². The van der Waals surface area contributed by atoms with Crippen LogP contribution in [0.4, 0.5) is 4.39 Å². The number of rotatable bonds is 8. The summed E-state index contributed by atoms with van der Waals surface area (Å²) in [4.78, 5) is 15.3. The summed E-state index contributed by atoms with van der Waals surface area (Å²) in [7, 11) is -1.80. The van der Waals surface area contributed by atoms with E-state index in [1.807, 2.05) is 6.92 Å². The number of nitrogens with one attached hydrogen (secondary N) is 1. The van der Waals surface area contributed by atoms with E-state index in [4.69, 9.17) is 9.47 Å². The quantitative estimate of drug-likeness (QED) is 0.580. The molecule has 8 nitrogen and oxygen atoms in total. The molecule has 1 aromatic carbocycles. The Morgan fingerprint density at radius 3 is 2.42 bits per heavy atom. The molecular formula is C22H35ClFN3O5S. The van der Waals surface area contributed by atoms with Gasteiger partial charge >= 0.3 is 0 Å². The number of carbonyl (C=O) groups is 1. The van der Waals surface area contributed by atoms with Crippen molar-refractivity contribution in [1.82, 2.24) is 14.5 Å². The maximum absolute atomic E-state index is 13.7. The zero-order valence-corrected chi connectivity index (χ0v) is 21.2. The summed E-state index contributed by atoms with van der Waals surface area (Å²) in [5, 5.41) is 3.03. The summed E-state index contributed by atoms with van der Waals surface area (Å²) in [5.41, 5.74) is 0.525. The second-order valence-electron chi connectivity index (χ2n) is 8.52. The molecule has 11 heteroatoms. The summed E-state index contributed by atoms with van der Waals surface area (Å²) in [6.07, 6.45) is 2.09. The number of carbonyl (C=O) groups excluding carboxylic acids is 1. The Bertz CT molecular complexity index is 917. The number of nitrogens with zero attached hydrogens (tertiary/aromatic N) is 2. The van der Waals surface area contributed by atoms with E-state index in [-0.39, 0.29) is 35.4 Å². The molecule has 0 aliphatic carbocycles. The zero-order valence-electron chi connectivity index (χ0n) is 19.6. The lowest BCUT2D eigenvalue weighted by Crippen LogP contribution is -2.63. The van der Waals surface area contributed by atoms with Gasteiger partial charge in [0.2, 0.25) is 10.0 Å². The SMILES string of the molecule is CCCS(=O)(=O)N1CCN(C2(CNC(=O)c3c(C)cc(F)cc3OC)CCOCC2)CC1.Cl. The molecule has 2 aliphatic heterocycles. The number of sulfonamides is 1. The van der Waals surface area contributed by atoms with Gasteiger partial charge < -0.3 is 14.8 Å². The predicted molar refractivity (Wildman–Crippen MR) is 127 cm³/mol. The van der Waals surface area contributed by atoms with Crippen LogP contribution in [0.25, 0.3) is 0 Å². The molecule has 2 aliphatic rings. The molecule has 0 atom stereocenters. The fourth-order valence-electron chi connectivity index (χ4n) is 4.68. The lowest BCUT2D eigenvalue weighted by atomic mass is 9.87. The number of halogens is 2. The molecule has 1 amide bonds. The third-order valence-corrected chi connectivity index (χ3v) is 8.55. The summed E-state index contributed by atoms with van der Waals surface area (Å²) in [6, 6.07) is 2.53. The third kappa shape index (κ3) is 6.36. The first kappa shape index (κ1) is 27.8.